The maximum atomic E-state index is 13.1. The normalized spacial score (nSPS) is 12.4. The van der Waals surface area contributed by atoms with Crippen molar-refractivity contribution in [2.45, 2.75) is 43.6 Å². The van der Waals surface area contributed by atoms with E-state index in [1.165, 1.54) is 23.9 Å². The third-order valence-corrected chi connectivity index (χ3v) is 6.64. The summed E-state index contributed by atoms with van der Waals surface area (Å²) < 4.78 is 9.41. The molecule has 5 rings (SSSR count). The number of benzene rings is 2. The highest BCUT2D eigenvalue weighted by molar-refractivity contribution is 7.99. The number of fused-ring (bicyclic) bond motifs is 3. The van der Waals surface area contributed by atoms with Gasteiger partial charge >= 0.3 is 0 Å². The van der Waals surface area contributed by atoms with E-state index in [-0.39, 0.29) is 22.4 Å². The van der Waals surface area contributed by atoms with Crippen molar-refractivity contribution in [1.29, 1.82) is 0 Å². The molecule has 1 unspecified atom stereocenters. The van der Waals surface area contributed by atoms with Crippen LogP contribution in [-0.2, 0) is 6.54 Å². The van der Waals surface area contributed by atoms with Crippen LogP contribution in [0, 0.1) is 10.1 Å². The van der Waals surface area contributed by atoms with Crippen molar-refractivity contribution in [3.63, 3.8) is 0 Å². The number of unbranched alkanes of at least 4 members (excludes halogenated alkanes) is 1. The predicted octanol–water partition coefficient (Wildman–Crippen LogP) is 4.66. The molecule has 1 atom stereocenters. The van der Waals surface area contributed by atoms with Gasteiger partial charge in [-0.2, -0.15) is 0 Å². The van der Waals surface area contributed by atoms with Crippen LogP contribution in [0.4, 0.5) is 5.69 Å². The first-order chi connectivity index (χ1) is 17.0. The number of nitrogens with zero attached hydrogens (tertiary/aromatic N) is 7. The smallest absolute Gasteiger partial charge is 0.269 e. The molecule has 178 valence electrons. The lowest BCUT2D eigenvalue weighted by atomic mass is 10.2. The minimum absolute atomic E-state index is 0.0132. The molecule has 0 bridgehead atoms. The number of hydrogen-bond donors (Lipinski definition) is 0. The summed E-state index contributed by atoms with van der Waals surface area (Å²) in [5.74, 6) is 1.14. The van der Waals surface area contributed by atoms with E-state index in [1.54, 1.807) is 16.7 Å². The topological polar surface area (TPSA) is 134 Å². The number of aryl methyl sites for hydroxylation is 1. The Hall–Kier alpha value is -4.06. The maximum Gasteiger partial charge on any atom is 0.269 e. The van der Waals surface area contributed by atoms with Gasteiger partial charge < -0.3 is 4.42 Å². The third-order valence-electron chi connectivity index (χ3n) is 5.61. The van der Waals surface area contributed by atoms with Crippen LogP contribution < -0.4 is 5.56 Å². The summed E-state index contributed by atoms with van der Waals surface area (Å²) >= 11 is 1.39. The van der Waals surface area contributed by atoms with Gasteiger partial charge in [-0.05, 0) is 37.6 Å². The standard InChI is InChI=1S/C23H21N7O4S/c1-3-4-13-28-21(31)17-7-5-6-8-18(17)29-22(28)26-27-23(29)35-14(2)19-24-25-20(34-19)15-9-11-16(12-10-15)30(32)33/h5-12,14H,3-4,13H2,1-2H3. The highest BCUT2D eigenvalue weighted by Crippen LogP contribution is 2.35. The van der Waals surface area contributed by atoms with Crippen molar-refractivity contribution >= 4 is 34.1 Å². The third kappa shape index (κ3) is 4.16. The summed E-state index contributed by atoms with van der Waals surface area (Å²) in [5.41, 5.74) is 1.23. The van der Waals surface area contributed by atoms with E-state index in [0.29, 0.717) is 34.3 Å². The van der Waals surface area contributed by atoms with Crippen molar-refractivity contribution in [3.05, 3.63) is 74.9 Å². The van der Waals surface area contributed by atoms with Crippen LogP contribution in [-0.4, -0.2) is 34.3 Å². The first-order valence-electron chi connectivity index (χ1n) is 11.1. The van der Waals surface area contributed by atoms with Crippen LogP contribution in [0.25, 0.3) is 28.1 Å². The molecule has 11 nitrogen and oxygen atoms in total. The molecular weight excluding hydrogens is 470 g/mol. The largest absolute Gasteiger partial charge is 0.419 e. The van der Waals surface area contributed by atoms with Crippen LogP contribution in [0.5, 0.6) is 0 Å². The van der Waals surface area contributed by atoms with Gasteiger partial charge in [-0.1, -0.05) is 37.2 Å². The van der Waals surface area contributed by atoms with E-state index >= 15 is 0 Å². The Morgan fingerprint density at radius 3 is 2.60 bits per heavy atom. The van der Waals surface area contributed by atoms with E-state index in [2.05, 4.69) is 27.3 Å². The second kappa shape index (κ2) is 9.29. The zero-order valence-corrected chi connectivity index (χ0v) is 19.8. The molecule has 0 fully saturated rings. The lowest BCUT2D eigenvalue weighted by Crippen LogP contribution is -2.23. The monoisotopic (exact) mass is 491 g/mol. The molecule has 0 N–H and O–H groups in total. The van der Waals surface area contributed by atoms with Gasteiger partial charge in [-0.25, -0.2) is 0 Å². The van der Waals surface area contributed by atoms with Crippen molar-refractivity contribution in [1.82, 2.24) is 29.4 Å². The van der Waals surface area contributed by atoms with Crippen LogP contribution in [0.3, 0.4) is 0 Å². The maximum absolute atomic E-state index is 13.1. The van der Waals surface area contributed by atoms with Crippen LogP contribution in [0.2, 0.25) is 0 Å². The number of nitro groups is 1. The molecule has 0 saturated carbocycles. The summed E-state index contributed by atoms with van der Waals surface area (Å²) in [4.78, 5) is 23.5. The predicted molar refractivity (Wildman–Crippen MR) is 130 cm³/mol. The molecule has 3 heterocycles. The Bertz CT molecular complexity index is 1590. The minimum atomic E-state index is -0.462. The zero-order chi connectivity index (χ0) is 24.5. The van der Waals surface area contributed by atoms with Crippen molar-refractivity contribution in [2.75, 3.05) is 0 Å². The SMILES string of the molecule is CCCCn1c(=O)c2ccccc2n2c(SC(C)c3nnc(-c4ccc([N+](=O)[O-])cc4)o3)nnc12. The molecule has 12 heteroatoms. The Balaban J connectivity index is 1.49. The van der Waals surface area contributed by atoms with Gasteiger partial charge in [0.25, 0.3) is 11.2 Å². The number of aromatic nitrogens is 6. The fourth-order valence-electron chi connectivity index (χ4n) is 3.78. The molecule has 35 heavy (non-hydrogen) atoms. The second-order valence-electron chi connectivity index (χ2n) is 7.95. The quantitative estimate of drug-likeness (QED) is 0.173. The molecule has 0 aliphatic rings. The van der Waals surface area contributed by atoms with Gasteiger partial charge in [0.1, 0.15) is 0 Å². The second-order valence-corrected chi connectivity index (χ2v) is 9.26. The van der Waals surface area contributed by atoms with Gasteiger partial charge in [0.05, 0.1) is 21.1 Å². The van der Waals surface area contributed by atoms with E-state index < -0.39 is 4.92 Å². The molecule has 0 spiro atoms. The molecule has 0 aliphatic heterocycles. The zero-order valence-electron chi connectivity index (χ0n) is 19.0. The Morgan fingerprint density at radius 2 is 1.86 bits per heavy atom. The summed E-state index contributed by atoms with van der Waals surface area (Å²) in [7, 11) is 0. The van der Waals surface area contributed by atoms with Crippen LogP contribution >= 0.6 is 11.8 Å². The molecule has 5 aromatic rings. The van der Waals surface area contributed by atoms with E-state index in [0.717, 1.165) is 18.4 Å². The van der Waals surface area contributed by atoms with Gasteiger partial charge in [-0.3, -0.25) is 23.9 Å². The van der Waals surface area contributed by atoms with E-state index in [9.17, 15) is 14.9 Å². The number of hydrogen-bond acceptors (Lipinski definition) is 9. The number of thioether (sulfide) groups is 1. The van der Waals surface area contributed by atoms with Gasteiger partial charge in [0.15, 0.2) is 5.16 Å². The molecule has 3 aromatic heterocycles. The van der Waals surface area contributed by atoms with Crippen molar-refractivity contribution < 1.29 is 9.34 Å². The molecule has 0 amide bonds. The van der Waals surface area contributed by atoms with Crippen LogP contribution in [0.1, 0.15) is 37.8 Å². The fourth-order valence-corrected chi connectivity index (χ4v) is 4.66. The first-order valence-corrected chi connectivity index (χ1v) is 12.0. The summed E-state index contributed by atoms with van der Waals surface area (Å²) in [6.07, 6.45) is 1.81. The molecular formula is C23H21N7O4S. The average molecular weight is 492 g/mol. The first kappa shape index (κ1) is 22.7. The molecule has 0 aliphatic carbocycles. The molecule has 2 aromatic carbocycles. The fraction of sp³-hybridized carbons (Fsp3) is 0.261. The number of non-ortho nitro benzene ring substituents is 1. The summed E-state index contributed by atoms with van der Waals surface area (Å²) in [6.45, 7) is 4.55. The summed E-state index contributed by atoms with van der Waals surface area (Å²) in [6, 6.07) is 13.3. The van der Waals surface area contributed by atoms with Crippen LogP contribution in [0.15, 0.2) is 62.9 Å². The van der Waals surface area contributed by atoms with Gasteiger partial charge in [-0.15, -0.1) is 20.4 Å². The van der Waals surface area contributed by atoms with E-state index in [4.69, 9.17) is 4.42 Å². The summed E-state index contributed by atoms with van der Waals surface area (Å²) in [5, 5.41) is 28.8. The minimum Gasteiger partial charge on any atom is -0.419 e. The lowest BCUT2D eigenvalue weighted by Gasteiger charge is -2.11. The Labute approximate surface area is 203 Å². The lowest BCUT2D eigenvalue weighted by molar-refractivity contribution is -0.384. The number of para-hydroxylation sites is 1. The molecule has 0 saturated heterocycles. The highest BCUT2D eigenvalue weighted by Gasteiger charge is 2.22. The Kier molecular flexibility index (Phi) is 6.03. The Morgan fingerprint density at radius 1 is 1.09 bits per heavy atom. The van der Waals surface area contributed by atoms with Gasteiger partial charge in [0, 0.05) is 24.2 Å². The van der Waals surface area contributed by atoms with E-state index in [1.807, 2.05) is 35.6 Å². The highest BCUT2D eigenvalue weighted by atomic mass is 32.2. The average Bonchev–Trinajstić information content (AvgIpc) is 3.52. The van der Waals surface area contributed by atoms with Crippen molar-refractivity contribution in [3.8, 4) is 11.5 Å². The number of nitro benzene ring substituents is 1. The molecule has 0 radical (unpaired) electrons. The van der Waals surface area contributed by atoms with Crippen molar-refractivity contribution in [2.24, 2.45) is 0 Å². The van der Waals surface area contributed by atoms with Gasteiger partial charge in [0.2, 0.25) is 17.6 Å². The number of rotatable bonds is 8.